The van der Waals surface area contributed by atoms with Crippen LogP contribution in [0.4, 0.5) is 0 Å². The normalized spacial score (nSPS) is 10.4. The molecule has 0 fully saturated rings. The third kappa shape index (κ3) is 2.86. The Morgan fingerprint density at radius 1 is 0.800 bits per heavy atom. The molecule has 98 valence electrons. The number of carbonyl (C=O) groups excluding carboxylic acids is 1. The van der Waals surface area contributed by atoms with Crippen molar-refractivity contribution in [2.45, 2.75) is 6.42 Å². The molecule has 0 N–H and O–H groups in total. The monoisotopic (exact) mass is 278 g/mol. The summed E-state index contributed by atoms with van der Waals surface area (Å²) in [5, 5.41) is 0. The Hall–Kier alpha value is -2.19. The first kappa shape index (κ1) is 12.8. The van der Waals surface area contributed by atoms with Crippen molar-refractivity contribution < 1.29 is 4.79 Å². The van der Waals surface area contributed by atoms with Crippen molar-refractivity contribution >= 4 is 17.1 Å². The molecule has 1 heterocycles. The van der Waals surface area contributed by atoms with Crippen LogP contribution in [0.25, 0.3) is 10.4 Å². The van der Waals surface area contributed by atoms with Gasteiger partial charge in [-0.3, -0.25) is 4.79 Å². The highest BCUT2D eigenvalue weighted by molar-refractivity contribution is 7.17. The van der Waals surface area contributed by atoms with Crippen LogP contribution in [0.1, 0.15) is 15.2 Å². The average Bonchev–Trinajstić information content (AvgIpc) is 2.99. The second-order valence-corrected chi connectivity index (χ2v) is 5.70. The molecule has 20 heavy (non-hydrogen) atoms. The molecule has 0 amide bonds. The van der Waals surface area contributed by atoms with Crippen LogP contribution in [0, 0.1) is 0 Å². The molecule has 1 nitrogen and oxygen atoms in total. The van der Waals surface area contributed by atoms with Gasteiger partial charge in [-0.1, -0.05) is 60.7 Å². The smallest absolute Gasteiger partial charge is 0.177 e. The number of carbonyl (C=O) groups is 1. The summed E-state index contributed by atoms with van der Waals surface area (Å²) < 4.78 is 0. The molecule has 0 radical (unpaired) electrons. The van der Waals surface area contributed by atoms with Crippen molar-refractivity contribution in [2.75, 3.05) is 0 Å². The molecule has 2 aromatic carbocycles. The highest BCUT2D eigenvalue weighted by Gasteiger charge is 2.10. The first-order chi connectivity index (χ1) is 9.83. The number of Topliss-reactive ketones (excluding diaryl/α,β-unsaturated/α-hetero) is 1. The quantitative estimate of drug-likeness (QED) is 0.624. The Morgan fingerprint density at radius 3 is 2.15 bits per heavy atom. The maximum atomic E-state index is 12.3. The first-order valence-corrected chi connectivity index (χ1v) is 7.37. The van der Waals surface area contributed by atoms with Crippen molar-refractivity contribution in [3.63, 3.8) is 0 Å². The molecule has 0 atom stereocenters. The second-order valence-electron chi connectivity index (χ2n) is 4.62. The van der Waals surface area contributed by atoms with Gasteiger partial charge in [-0.25, -0.2) is 0 Å². The van der Waals surface area contributed by atoms with E-state index in [9.17, 15) is 4.79 Å². The molecule has 0 aliphatic rings. The number of rotatable bonds is 4. The lowest BCUT2D eigenvalue weighted by molar-refractivity contribution is 0.0997. The first-order valence-electron chi connectivity index (χ1n) is 6.55. The van der Waals surface area contributed by atoms with E-state index >= 15 is 0 Å². The van der Waals surface area contributed by atoms with Crippen LogP contribution in [0.5, 0.6) is 0 Å². The van der Waals surface area contributed by atoms with E-state index in [1.807, 2.05) is 60.7 Å². The van der Waals surface area contributed by atoms with Crippen LogP contribution in [0.3, 0.4) is 0 Å². The maximum Gasteiger partial charge on any atom is 0.177 e. The Bertz CT molecular complexity index is 699. The van der Waals surface area contributed by atoms with Crippen molar-refractivity contribution in [3.8, 4) is 10.4 Å². The van der Waals surface area contributed by atoms with Crippen molar-refractivity contribution in [1.29, 1.82) is 0 Å². The van der Waals surface area contributed by atoms with Gasteiger partial charge >= 0.3 is 0 Å². The summed E-state index contributed by atoms with van der Waals surface area (Å²) >= 11 is 1.56. The predicted octanol–water partition coefficient (Wildman–Crippen LogP) is 4.84. The average molecular weight is 278 g/mol. The van der Waals surface area contributed by atoms with Crippen LogP contribution in [0.15, 0.2) is 72.8 Å². The van der Waals surface area contributed by atoms with E-state index in [0.717, 1.165) is 20.9 Å². The summed E-state index contributed by atoms with van der Waals surface area (Å²) in [4.78, 5) is 14.2. The van der Waals surface area contributed by atoms with Crippen molar-refractivity contribution in [2.24, 2.45) is 0 Å². The minimum Gasteiger partial charge on any atom is -0.293 e. The van der Waals surface area contributed by atoms with Crippen LogP contribution in [-0.2, 0) is 6.42 Å². The number of benzene rings is 2. The van der Waals surface area contributed by atoms with Gasteiger partial charge in [0.1, 0.15) is 0 Å². The van der Waals surface area contributed by atoms with Crippen molar-refractivity contribution in [3.05, 3.63) is 83.2 Å². The minimum absolute atomic E-state index is 0.184. The van der Waals surface area contributed by atoms with E-state index in [2.05, 4.69) is 12.1 Å². The molecule has 3 aromatic rings. The van der Waals surface area contributed by atoms with Gasteiger partial charge < -0.3 is 0 Å². The van der Waals surface area contributed by atoms with E-state index in [4.69, 9.17) is 0 Å². The topological polar surface area (TPSA) is 17.1 Å². The van der Waals surface area contributed by atoms with Gasteiger partial charge in [0.2, 0.25) is 0 Å². The molecule has 0 bridgehead atoms. The van der Waals surface area contributed by atoms with E-state index in [1.165, 1.54) is 0 Å². The molecule has 0 saturated heterocycles. The summed E-state index contributed by atoms with van der Waals surface area (Å²) in [5.74, 6) is 0.184. The highest BCUT2D eigenvalue weighted by Crippen LogP contribution is 2.28. The number of thiophene rings is 1. The van der Waals surface area contributed by atoms with Gasteiger partial charge in [0.15, 0.2) is 5.78 Å². The van der Waals surface area contributed by atoms with Crippen molar-refractivity contribution in [1.82, 2.24) is 0 Å². The molecule has 0 aliphatic carbocycles. The van der Waals surface area contributed by atoms with Gasteiger partial charge in [-0.05, 0) is 23.3 Å². The molecular formula is C18H14OS. The van der Waals surface area contributed by atoms with E-state index < -0.39 is 0 Å². The third-order valence-electron chi connectivity index (χ3n) is 3.15. The molecular weight excluding hydrogens is 264 g/mol. The molecule has 0 spiro atoms. The second kappa shape index (κ2) is 5.85. The zero-order chi connectivity index (χ0) is 13.8. The minimum atomic E-state index is 0.184. The van der Waals surface area contributed by atoms with Gasteiger partial charge in [0.25, 0.3) is 0 Å². The molecule has 0 saturated carbocycles. The van der Waals surface area contributed by atoms with Crippen LogP contribution in [-0.4, -0.2) is 5.78 Å². The molecule has 3 rings (SSSR count). The zero-order valence-corrected chi connectivity index (χ0v) is 11.8. The third-order valence-corrected chi connectivity index (χ3v) is 4.32. The van der Waals surface area contributed by atoms with Gasteiger partial charge in [0.05, 0.1) is 4.88 Å². The van der Waals surface area contributed by atoms with Crippen LogP contribution in [0.2, 0.25) is 0 Å². The number of hydrogen-bond acceptors (Lipinski definition) is 2. The lowest BCUT2D eigenvalue weighted by atomic mass is 10.1. The lowest BCUT2D eigenvalue weighted by Crippen LogP contribution is -2.00. The highest BCUT2D eigenvalue weighted by atomic mass is 32.1. The van der Waals surface area contributed by atoms with Gasteiger partial charge in [-0.15, -0.1) is 11.3 Å². The molecule has 0 unspecified atom stereocenters. The zero-order valence-electron chi connectivity index (χ0n) is 11.0. The SMILES string of the molecule is O=C(Cc1ccccc1)c1ccc(-c2ccccc2)s1. The lowest BCUT2D eigenvalue weighted by Gasteiger charge is -1.98. The Kier molecular flexibility index (Phi) is 3.75. The summed E-state index contributed by atoms with van der Waals surface area (Å²) in [5.41, 5.74) is 2.23. The summed E-state index contributed by atoms with van der Waals surface area (Å²) in [6.07, 6.45) is 0.468. The number of hydrogen-bond donors (Lipinski definition) is 0. The van der Waals surface area contributed by atoms with E-state index in [-0.39, 0.29) is 5.78 Å². The fourth-order valence-electron chi connectivity index (χ4n) is 2.11. The summed E-state index contributed by atoms with van der Waals surface area (Å²) in [6.45, 7) is 0. The molecule has 0 aliphatic heterocycles. The maximum absolute atomic E-state index is 12.3. The van der Waals surface area contributed by atoms with E-state index in [1.54, 1.807) is 11.3 Å². The predicted molar refractivity (Wildman–Crippen MR) is 84.2 cm³/mol. The van der Waals surface area contributed by atoms with Gasteiger partial charge in [0, 0.05) is 11.3 Å². The standard InChI is InChI=1S/C18H14OS/c19-16(13-14-7-3-1-4-8-14)18-12-11-17(20-18)15-9-5-2-6-10-15/h1-12H,13H2. The van der Waals surface area contributed by atoms with Gasteiger partial charge in [-0.2, -0.15) is 0 Å². The van der Waals surface area contributed by atoms with Crippen LogP contribution >= 0.6 is 11.3 Å². The molecule has 2 heteroatoms. The summed E-state index contributed by atoms with van der Waals surface area (Å²) in [6, 6.07) is 24.0. The Morgan fingerprint density at radius 2 is 1.45 bits per heavy atom. The fourth-order valence-corrected chi connectivity index (χ4v) is 3.06. The molecule has 1 aromatic heterocycles. The fraction of sp³-hybridized carbons (Fsp3) is 0.0556. The Balaban J connectivity index is 1.79. The largest absolute Gasteiger partial charge is 0.293 e. The van der Waals surface area contributed by atoms with Crippen LogP contribution < -0.4 is 0 Å². The Labute approximate surface area is 122 Å². The van der Waals surface area contributed by atoms with E-state index in [0.29, 0.717) is 6.42 Å². The number of ketones is 1. The summed E-state index contributed by atoms with van der Waals surface area (Å²) in [7, 11) is 0.